The predicted octanol–water partition coefficient (Wildman–Crippen LogP) is 1.92. The molecule has 12 heavy (non-hydrogen) atoms. The average molecular weight is 171 g/mol. The minimum absolute atomic E-state index is 0.0603. The maximum Gasteiger partial charge on any atom is 0.0693 e. The van der Waals surface area contributed by atoms with Crippen molar-refractivity contribution in [2.45, 2.75) is 26.4 Å². The Morgan fingerprint density at radius 3 is 2.17 bits per heavy atom. The summed E-state index contributed by atoms with van der Waals surface area (Å²) in [5.41, 5.74) is 1.06. The van der Waals surface area contributed by atoms with Gasteiger partial charge in [0.15, 0.2) is 0 Å². The van der Waals surface area contributed by atoms with Gasteiger partial charge in [0.1, 0.15) is 0 Å². The van der Waals surface area contributed by atoms with Crippen LogP contribution in [-0.4, -0.2) is 37.7 Å². The summed E-state index contributed by atoms with van der Waals surface area (Å²) in [6, 6.07) is 0. The molecular weight excluding hydrogens is 150 g/mol. The molecule has 0 spiro atoms. The van der Waals surface area contributed by atoms with Gasteiger partial charge in [0.2, 0.25) is 0 Å². The van der Waals surface area contributed by atoms with Gasteiger partial charge in [-0.25, -0.2) is 0 Å². The SMILES string of the molecule is C=C(COC(C)(C)C)CN(C)C. The molecule has 0 aliphatic carbocycles. The van der Waals surface area contributed by atoms with Crippen molar-refractivity contribution in [2.75, 3.05) is 27.2 Å². The van der Waals surface area contributed by atoms with E-state index in [9.17, 15) is 0 Å². The second-order valence-corrected chi connectivity index (χ2v) is 4.39. The van der Waals surface area contributed by atoms with Crippen LogP contribution in [0.2, 0.25) is 0 Å². The van der Waals surface area contributed by atoms with Gasteiger partial charge in [-0.15, -0.1) is 0 Å². The van der Waals surface area contributed by atoms with Crippen molar-refractivity contribution in [3.63, 3.8) is 0 Å². The van der Waals surface area contributed by atoms with Crippen LogP contribution in [0.5, 0.6) is 0 Å². The number of rotatable bonds is 4. The van der Waals surface area contributed by atoms with E-state index in [2.05, 4.69) is 32.3 Å². The third-order valence-corrected chi connectivity index (χ3v) is 1.25. The standard InChI is InChI=1S/C10H21NO/c1-9(7-11(5)6)8-12-10(2,3)4/h1,7-8H2,2-6H3. The smallest absolute Gasteiger partial charge is 0.0693 e. The summed E-state index contributed by atoms with van der Waals surface area (Å²) in [5.74, 6) is 0. The Balaban J connectivity index is 3.58. The van der Waals surface area contributed by atoms with E-state index in [1.165, 1.54) is 0 Å². The molecule has 0 aromatic carbocycles. The first-order valence-electron chi connectivity index (χ1n) is 4.26. The monoisotopic (exact) mass is 171 g/mol. The molecule has 2 nitrogen and oxygen atoms in total. The van der Waals surface area contributed by atoms with Crippen LogP contribution in [0.25, 0.3) is 0 Å². The Bertz CT molecular complexity index is 144. The van der Waals surface area contributed by atoms with E-state index in [0.717, 1.165) is 12.1 Å². The van der Waals surface area contributed by atoms with E-state index < -0.39 is 0 Å². The first-order valence-corrected chi connectivity index (χ1v) is 4.26. The second kappa shape index (κ2) is 4.63. The lowest BCUT2D eigenvalue weighted by Gasteiger charge is -2.21. The van der Waals surface area contributed by atoms with Crippen molar-refractivity contribution in [1.82, 2.24) is 4.90 Å². The van der Waals surface area contributed by atoms with Crippen LogP contribution in [0.3, 0.4) is 0 Å². The summed E-state index contributed by atoms with van der Waals surface area (Å²) >= 11 is 0. The molecule has 72 valence electrons. The van der Waals surface area contributed by atoms with Crippen molar-refractivity contribution in [3.05, 3.63) is 12.2 Å². The molecule has 2 heteroatoms. The van der Waals surface area contributed by atoms with Crippen molar-refractivity contribution >= 4 is 0 Å². The van der Waals surface area contributed by atoms with Crippen molar-refractivity contribution in [2.24, 2.45) is 0 Å². The molecule has 0 radical (unpaired) electrons. The van der Waals surface area contributed by atoms with E-state index in [4.69, 9.17) is 4.74 Å². The van der Waals surface area contributed by atoms with E-state index in [0.29, 0.717) is 6.61 Å². The second-order valence-electron chi connectivity index (χ2n) is 4.39. The highest BCUT2D eigenvalue weighted by molar-refractivity contribution is 4.97. The quantitative estimate of drug-likeness (QED) is 0.599. The summed E-state index contributed by atoms with van der Waals surface area (Å²) in [6.07, 6.45) is 0. The fourth-order valence-corrected chi connectivity index (χ4v) is 0.811. The first-order chi connectivity index (χ1) is 5.31. The predicted molar refractivity (Wildman–Crippen MR) is 53.4 cm³/mol. The zero-order chi connectivity index (χ0) is 9.78. The molecule has 0 aromatic rings. The van der Waals surface area contributed by atoms with E-state index in [1.54, 1.807) is 0 Å². The molecule has 0 bridgehead atoms. The molecule has 0 atom stereocenters. The van der Waals surface area contributed by atoms with E-state index >= 15 is 0 Å². The molecule has 0 aromatic heterocycles. The number of hydrogen-bond donors (Lipinski definition) is 0. The number of nitrogens with zero attached hydrogens (tertiary/aromatic N) is 1. The number of ether oxygens (including phenoxy) is 1. The molecule has 0 amide bonds. The molecule has 0 saturated heterocycles. The van der Waals surface area contributed by atoms with Crippen molar-refractivity contribution in [3.8, 4) is 0 Å². The van der Waals surface area contributed by atoms with Gasteiger partial charge in [-0.2, -0.15) is 0 Å². The maximum atomic E-state index is 5.57. The molecule has 0 N–H and O–H groups in total. The van der Waals surface area contributed by atoms with Crippen LogP contribution >= 0.6 is 0 Å². The summed E-state index contributed by atoms with van der Waals surface area (Å²) in [4.78, 5) is 2.09. The van der Waals surface area contributed by atoms with Gasteiger partial charge in [0.05, 0.1) is 12.2 Å². The highest BCUT2D eigenvalue weighted by Gasteiger charge is 2.10. The number of likely N-dealkylation sites (N-methyl/N-ethyl adjacent to an activating group) is 1. The van der Waals surface area contributed by atoms with Gasteiger partial charge in [0, 0.05) is 6.54 Å². The Hall–Kier alpha value is -0.340. The van der Waals surface area contributed by atoms with Gasteiger partial charge < -0.3 is 9.64 Å². The number of hydrogen-bond acceptors (Lipinski definition) is 2. The summed E-state index contributed by atoms with van der Waals surface area (Å²) in [6.45, 7) is 11.6. The lowest BCUT2D eigenvalue weighted by atomic mass is 10.2. The summed E-state index contributed by atoms with van der Waals surface area (Å²) in [5, 5.41) is 0. The third kappa shape index (κ3) is 7.76. The minimum atomic E-state index is -0.0603. The van der Waals surface area contributed by atoms with Crippen LogP contribution in [0.15, 0.2) is 12.2 Å². The molecular formula is C10H21NO. The topological polar surface area (TPSA) is 12.5 Å². The van der Waals surface area contributed by atoms with Gasteiger partial charge in [-0.1, -0.05) is 6.58 Å². The molecule has 0 heterocycles. The summed E-state index contributed by atoms with van der Waals surface area (Å²) in [7, 11) is 4.06. The highest BCUT2D eigenvalue weighted by atomic mass is 16.5. The largest absolute Gasteiger partial charge is 0.371 e. The third-order valence-electron chi connectivity index (χ3n) is 1.25. The molecule has 0 unspecified atom stereocenters. The fraction of sp³-hybridized carbons (Fsp3) is 0.800. The normalized spacial score (nSPS) is 12.2. The van der Waals surface area contributed by atoms with Gasteiger partial charge in [0.25, 0.3) is 0 Å². The average Bonchev–Trinajstić information content (AvgIpc) is 1.80. The van der Waals surface area contributed by atoms with Gasteiger partial charge in [-0.05, 0) is 40.4 Å². The maximum absolute atomic E-state index is 5.57. The zero-order valence-corrected chi connectivity index (χ0v) is 8.98. The van der Waals surface area contributed by atoms with Crippen LogP contribution in [0.1, 0.15) is 20.8 Å². The molecule has 0 rings (SSSR count). The van der Waals surface area contributed by atoms with E-state index in [-0.39, 0.29) is 5.60 Å². The van der Waals surface area contributed by atoms with Crippen molar-refractivity contribution < 1.29 is 4.74 Å². The zero-order valence-electron chi connectivity index (χ0n) is 8.98. The highest BCUT2D eigenvalue weighted by Crippen LogP contribution is 2.08. The minimum Gasteiger partial charge on any atom is -0.371 e. The molecule has 0 saturated carbocycles. The lowest BCUT2D eigenvalue weighted by Crippen LogP contribution is -2.23. The first kappa shape index (κ1) is 11.7. The lowest BCUT2D eigenvalue weighted by molar-refractivity contribution is 0.00967. The van der Waals surface area contributed by atoms with Crippen molar-refractivity contribution in [1.29, 1.82) is 0 Å². The molecule has 0 fully saturated rings. The Labute approximate surface area is 76.2 Å². The molecule has 0 aliphatic heterocycles. The van der Waals surface area contributed by atoms with Gasteiger partial charge in [-0.3, -0.25) is 0 Å². The Kier molecular flexibility index (Phi) is 4.50. The van der Waals surface area contributed by atoms with E-state index in [1.807, 2.05) is 14.1 Å². The van der Waals surface area contributed by atoms with Crippen LogP contribution in [0, 0.1) is 0 Å². The van der Waals surface area contributed by atoms with Crippen LogP contribution in [-0.2, 0) is 4.74 Å². The molecule has 0 aliphatic rings. The van der Waals surface area contributed by atoms with Crippen LogP contribution in [0.4, 0.5) is 0 Å². The summed E-state index contributed by atoms with van der Waals surface area (Å²) < 4.78 is 5.57. The Morgan fingerprint density at radius 1 is 1.33 bits per heavy atom. The van der Waals surface area contributed by atoms with Crippen LogP contribution < -0.4 is 0 Å². The fourth-order valence-electron chi connectivity index (χ4n) is 0.811. The Morgan fingerprint density at radius 2 is 1.83 bits per heavy atom. The van der Waals surface area contributed by atoms with Gasteiger partial charge >= 0.3 is 0 Å².